The third-order valence-electron chi connectivity index (χ3n) is 4.62. The van der Waals surface area contributed by atoms with Gasteiger partial charge in [-0.3, -0.25) is 0 Å². The van der Waals surface area contributed by atoms with Gasteiger partial charge in [0.25, 0.3) is 0 Å². The van der Waals surface area contributed by atoms with Crippen molar-refractivity contribution in [3.63, 3.8) is 0 Å². The summed E-state index contributed by atoms with van der Waals surface area (Å²) in [6.07, 6.45) is 10.1. The van der Waals surface area contributed by atoms with Crippen LogP contribution in [0, 0.1) is 13.8 Å². The van der Waals surface area contributed by atoms with Gasteiger partial charge in [0, 0.05) is 17.3 Å². The third kappa shape index (κ3) is 4.77. The maximum atomic E-state index is 4.84. The van der Waals surface area contributed by atoms with Gasteiger partial charge >= 0.3 is 0 Å². The number of nitrogens with zero attached hydrogens (tertiary/aromatic N) is 2. The van der Waals surface area contributed by atoms with Gasteiger partial charge in [-0.15, -0.1) is 0 Å². The molecule has 0 unspecified atom stereocenters. The molecule has 0 radical (unpaired) electrons. The summed E-state index contributed by atoms with van der Waals surface area (Å²) in [4.78, 5) is 9.68. The van der Waals surface area contributed by atoms with Crippen molar-refractivity contribution >= 4 is 0 Å². The highest BCUT2D eigenvalue weighted by Gasteiger charge is 2.19. The zero-order valence-corrected chi connectivity index (χ0v) is 14.0. The topological polar surface area (TPSA) is 37.8 Å². The third-order valence-corrected chi connectivity index (χ3v) is 4.62. The molecule has 3 heteroatoms. The molecule has 1 N–H and O–H groups in total. The lowest BCUT2D eigenvalue weighted by Crippen LogP contribution is -2.17. The molecule has 1 aromatic heterocycles. The van der Waals surface area contributed by atoms with Crippen LogP contribution in [-0.4, -0.2) is 23.1 Å². The van der Waals surface area contributed by atoms with Crippen LogP contribution < -0.4 is 5.32 Å². The van der Waals surface area contributed by atoms with Crippen LogP contribution in [0.1, 0.15) is 80.6 Å². The van der Waals surface area contributed by atoms with Gasteiger partial charge in [0.2, 0.25) is 0 Å². The zero-order chi connectivity index (χ0) is 15.1. The van der Waals surface area contributed by atoms with Gasteiger partial charge in [0.15, 0.2) is 0 Å². The van der Waals surface area contributed by atoms with E-state index in [0.717, 1.165) is 25.3 Å². The quantitative estimate of drug-likeness (QED) is 0.769. The van der Waals surface area contributed by atoms with E-state index in [1.165, 1.54) is 61.9 Å². The van der Waals surface area contributed by atoms with Gasteiger partial charge in [0.05, 0.1) is 0 Å². The molecule has 0 atom stereocenters. The van der Waals surface area contributed by atoms with E-state index >= 15 is 0 Å². The number of aryl methyl sites for hydroxylation is 2. The zero-order valence-electron chi connectivity index (χ0n) is 14.0. The van der Waals surface area contributed by atoms with Crippen molar-refractivity contribution in [1.82, 2.24) is 15.3 Å². The Morgan fingerprint density at radius 1 is 1.00 bits per heavy atom. The molecule has 118 valence electrons. The van der Waals surface area contributed by atoms with E-state index in [1.54, 1.807) is 0 Å². The molecule has 0 bridgehead atoms. The molecule has 1 saturated carbocycles. The lowest BCUT2D eigenvalue weighted by atomic mass is 9.88. The van der Waals surface area contributed by atoms with E-state index in [4.69, 9.17) is 9.97 Å². The minimum atomic E-state index is 0.608. The maximum absolute atomic E-state index is 4.84. The van der Waals surface area contributed by atoms with Crippen LogP contribution >= 0.6 is 0 Å². The van der Waals surface area contributed by atoms with E-state index in [-0.39, 0.29) is 0 Å². The number of nitrogens with one attached hydrogen (secondary N) is 1. The summed E-state index contributed by atoms with van der Waals surface area (Å²) >= 11 is 0. The Balaban J connectivity index is 1.96. The van der Waals surface area contributed by atoms with Crippen LogP contribution in [-0.2, 0) is 6.42 Å². The predicted molar refractivity (Wildman–Crippen MR) is 88.8 cm³/mol. The van der Waals surface area contributed by atoms with Crippen LogP contribution in [0.4, 0.5) is 0 Å². The van der Waals surface area contributed by atoms with Crippen molar-refractivity contribution in [3.8, 4) is 0 Å². The second-order valence-electron chi connectivity index (χ2n) is 6.42. The molecule has 1 aromatic rings. The van der Waals surface area contributed by atoms with Gasteiger partial charge in [0.1, 0.15) is 5.82 Å². The number of aromatic nitrogens is 2. The largest absolute Gasteiger partial charge is 0.317 e. The molecule has 1 fully saturated rings. The minimum Gasteiger partial charge on any atom is -0.317 e. The highest BCUT2D eigenvalue weighted by Crippen LogP contribution is 2.31. The molecular weight excluding hydrogens is 258 g/mol. The second kappa shape index (κ2) is 8.47. The molecule has 21 heavy (non-hydrogen) atoms. The molecule has 0 amide bonds. The summed E-state index contributed by atoms with van der Waals surface area (Å²) < 4.78 is 0. The fraction of sp³-hybridized carbons (Fsp3) is 0.778. The molecule has 3 nitrogen and oxygen atoms in total. The summed E-state index contributed by atoms with van der Waals surface area (Å²) in [5, 5.41) is 3.47. The number of hydrogen-bond acceptors (Lipinski definition) is 3. The highest BCUT2D eigenvalue weighted by molar-refractivity contribution is 5.25. The molecule has 0 aromatic carbocycles. The highest BCUT2D eigenvalue weighted by atomic mass is 14.9. The first-order valence-electron chi connectivity index (χ1n) is 8.77. The summed E-state index contributed by atoms with van der Waals surface area (Å²) in [7, 11) is 0. The first-order valence-corrected chi connectivity index (χ1v) is 8.77. The average Bonchev–Trinajstić information content (AvgIpc) is 2.50. The van der Waals surface area contributed by atoms with Crippen molar-refractivity contribution in [2.45, 2.75) is 78.1 Å². The van der Waals surface area contributed by atoms with Gasteiger partial charge in [-0.05, 0) is 64.6 Å². The Morgan fingerprint density at radius 2 is 1.67 bits per heavy atom. The van der Waals surface area contributed by atoms with E-state index in [0.29, 0.717) is 5.92 Å². The molecule has 0 aliphatic heterocycles. The van der Waals surface area contributed by atoms with Crippen molar-refractivity contribution < 1.29 is 0 Å². The van der Waals surface area contributed by atoms with Crippen LogP contribution in [0.2, 0.25) is 0 Å². The normalized spacial score (nSPS) is 16.3. The standard InChI is InChI=1S/C18H31N3/c1-4-12-19-13-8-11-17-14(2)20-18(21-15(17)3)16-9-6-5-7-10-16/h16,19H,4-13H2,1-3H3. The Morgan fingerprint density at radius 3 is 2.29 bits per heavy atom. The molecule has 1 heterocycles. The van der Waals surface area contributed by atoms with E-state index in [1.807, 2.05) is 0 Å². The summed E-state index contributed by atoms with van der Waals surface area (Å²) in [5.74, 6) is 1.72. The Hall–Kier alpha value is -0.960. The van der Waals surface area contributed by atoms with Gasteiger partial charge in [-0.25, -0.2) is 9.97 Å². The Kier molecular flexibility index (Phi) is 6.62. The molecular formula is C18H31N3. The van der Waals surface area contributed by atoms with Crippen molar-refractivity contribution in [3.05, 3.63) is 22.8 Å². The monoisotopic (exact) mass is 289 g/mol. The van der Waals surface area contributed by atoms with Crippen LogP contribution in [0.5, 0.6) is 0 Å². The van der Waals surface area contributed by atoms with E-state index < -0.39 is 0 Å². The van der Waals surface area contributed by atoms with E-state index in [9.17, 15) is 0 Å². The fourth-order valence-electron chi connectivity index (χ4n) is 3.36. The van der Waals surface area contributed by atoms with Crippen LogP contribution in [0.25, 0.3) is 0 Å². The van der Waals surface area contributed by atoms with Crippen molar-refractivity contribution in [2.75, 3.05) is 13.1 Å². The summed E-state index contributed by atoms with van der Waals surface area (Å²) in [6, 6.07) is 0. The smallest absolute Gasteiger partial charge is 0.131 e. The molecule has 0 spiro atoms. The minimum absolute atomic E-state index is 0.608. The second-order valence-corrected chi connectivity index (χ2v) is 6.42. The molecule has 1 aliphatic rings. The SMILES string of the molecule is CCCNCCCc1c(C)nc(C2CCCCC2)nc1C. The number of hydrogen-bond donors (Lipinski definition) is 1. The lowest BCUT2D eigenvalue weighted by molar-refractivity contribution is 0.427. The molecule has 0 saturated heterocycles. The fourth-order valence-corrected chi connectivity index (χ4v) is 3.36. The molecule has 1 aliphatic carbocycles. The first-order chi connectivity index (χ1) is 10.2. The van der Waals surface area contributed by atoms with Gasteiger partial charge in [-0.2, -0.15) is 0 Å². The van der Waals surface area contributed by atoms with E-state index in [2.05, 4.69) is 26.1 Å². The first kappa shape index (κ1) is 16.4. The van der Waals surface area contributed by atoms with Crippen molar-refractivity contribution in [2.24, 2.45) is 0 Å². The van der Waals surface area contributed by atoms with Crippen molar-refractivity contribution in [1.29, 1.82) is 0 Å². The Bertz CT molecular complexity index is 413. The molecule has 2 rings (SSSR count). The maximum Gasteiger partial charge on any atom is 0.131 e. The predicted octanol–water partition coefficient (Wildman–Crippen LogP) is 4.07. The Labute approximate surface area is 130 Å². The lowest BCUT2D eigenvalue weighted by Gasteiger charge is -2.21. The summed E-state index contributed by atoms with van der Waals surface area (Å²) in [6.45, 7) is 8.75. The average molecular weight is 289 g/mol. The van der Waals surface area contributed by atoms with Crippen LogP contribution in [0.3, 0.4) is 0 Å². The summed E-state index contributed by atoms with van der Waals surface area (Å²) in [5.41, 5.74) is 3.78. The van der Waals surface area contributed by atoms with Crippen LogP contribution in [0.15, 0.2) is 0 Å². The number of rotatable bonds is 7. The van der Waals surface area contributed by atoms with Gasteiger partial charge < -0.3 is 5.32 Å². The van der Waals surface area contributed by atoms with Gasteiger partial charge in [-0.1, -0.05) is 26.2 Å².